The molecular formula is C28H40O. The second-order valence-corrected chi connectivity index (χ2v) is 9.01. The van der Waals surface area contributed by atoms with Gasteiger partial charge in [-0.2, -0.15) is 0 Å². The number of unbranched alkanes of at least 4 members (excludes halogenated alkanes) is 2. The van der Waals surface area contributed by atoms with Gasteiger partial charge >= 0.3 is 0 Å². The van der Waals surface area contributed by atoms with Crippen LogP contribution < -0.4 is 0 Å². The molecule has 0 aromatic heterocycles. The number of benzene rings is 2. The van der Waals surface area contributed by atoms with E-state index in [1.807, 2.05) is 0 Å². The summed E-state index contributed by atoms with van der Waals surface area (Å²) in [5, 5.41) is 9.00. The van der Waals surface area contributed by atoms with Gasteiger partial charge in [0.1, 0.15) is 0 Å². The molecule has 0 heterocycles. The molecule has 1 fully saturated rings. The molecule has 29 heavy (non-hydrogen) atoms. The first kappa shape index (κ1) is 22.1. The highest BCUT2D eigenvalue weighted by Gasteiger charge is 2.22. The monoisotopic (exact) mass is 392 g/mol. The van der Waals surface area contributed by atoms with Gasteiger partial charge in [0, 0.05) is 6.61 Å². The Balaban J connectivity index is 1.64. The van der Waals surface area contributed by atoms with Crippen LogP contribution in [-0.4, -0.2) is 11.7 Å². The van der Waals surface area contributed by atoms with Gasteiger partial charge in [-0.25, -0.2) is 0 Å². The minimum Gasteiger partial charge on any atom is -0.396 e. The van der Waals surface area contributed by atoms with Crippen LogP contribution in [0.4, 0.5) is 0 Å². The second kappa shape index (κ2) is 11.6. The molecule has 1 aliphatic rings. The normalized spacial score (nSPS) is 19.4. The number of hydrogen-bond acceptors (Lipinski definition) is 1. The number of hydrogen-bond donors (Lipinski definition) is 1. The van der Waals surface area contributed by atoms with Crippen molar-refractivity contribution in [3.63, 3.8) is 0 Å². The van der Waals surface area contributed by atoms with Gasteiger partial charge in [0.05, 0.1) is 0 Å². The Hall–Kier alpha value is -1.60. The molecule has 1 N–H and O–H groups in total. The van der Waals surface area contributed by atoms with Gasteiger partial charge in [0.2, 0.25) is 0 Å². The zero-order valence-electron chi connectivity index (χ0n) is 18.6. The summed E-state index contributed by atoms with van der Waals surface area (Å²) in [6, 6.07) is 16.4. The van der Waals surface area contributed by atoms with Crippen molar-refractivity contribution in [1.29, 1.82) is 0 Å². The van der Waals surface area contributed by atoms with E-state index in [9.17, 15) is 0 Å². The van der Waals surface area contributed by atoms with Crippen LogP contribution >= 0.6 is 0 Å². The first-order valence-electron chi connectivity index (χ1n) is 12.1. The van der Waals surface area contributed by atoms with Crippen molar-refractivity contribution in [2.75, 3.05) is 6.61 Å². The lowest BCUT2D eigenvalue weighted by Crippen LogP contribution is -2.13. The Morgan fingerprint density at radius 3 is 2.28 bits per heavy atom. The Morgan fingerprint density at radius 1 is 0.862 bits per heavy atom. The zero-order chi connectivity index (χ0) is 20.5. The smallest absolute Gasteiger partial charge is 0.0431 e. The van der Waals surface area contributed by atoms with Gasteiger partial charge in [-0.3, -0.25) is 0 Å². The molecule has 3 rings (SSSR count). The van der Waals surface area contributed by atoms with Crippen molar-refractivity contribution in [3.8, 4) is 11.1 Å². The van der Waals surface area contributed by atoms with E-state index in [4.69, 9.17) is 5.11 Å². The van der Waals surface area contributed by atoms with Gasteiger partial charge < -0.3 is 5.11 Å². The molecule has 1 aliphatic carbocycles. The second-order valence-electron chi connectivity index (χ2n) is 9.01. The summed E-state index contributed by atoms with van der Waals surface area (Å²) in [6.07, 6.45) is 13.9. The van der Waals surface area contributed by atoms with Gasteiger partial charge in [0.25, 0.3) is 0 Å². The first-order chi connectivity index (χ1) is 14.2. The van der Waals surface area contributed by atoms with E-state index < -0.39 is 0 Å². The Morgan fingerprint density at radius 2 is 1.62 bits per heavy atom. The predicted molar refractivity (Wildman–Crippen MR) is 126 cm³/mol. The van der Waals surface area contributed by atoms with Gasteiger partial charge in [-0.05, 0) is 91.0 Å². The molecule has 0 radical (unpaired) electrons. The summed E-state index contributed by atoms with van der Waals surface area (Å²) < 4.78 is 0. The van der Waals surface area contributed by atoms with Crippen LogP contribution in [0.5, 0.6) is 0 Å². The zero-order valence-corrected chi connectivity index (χ0v) is 18.6. The molecule has 0 bridgehead atoms. The summed E-state index contributed by atoms with van der Waals surface area (Å²) >= 11 is 0. The van der Waals surface area contributed by atoms with E-state index >= 15 is 0 Å². The van der Waals surface area contributed by atoms with Crippen LogP contribution in [0.3, 0.4) is 0 Å². The summed E-state index contributed by atoms with van der Waals surface area (Å²) in [6.45, 7) is 4.86. The minimum atomic E-state index is 0.297. The fourth-order valence-electron chi connectivity index (χ4n) is 5.03. The molecule has 2 aromatic rings. The highest BCUT2D eigenvalue weighted by atomic mass is 16.2. The number of rotatable bonds is 10. The van der Waals surface area contributed by atoms with E-state index in [0.717, 1.165) is 37.5 Å². The number of aliphatic hydroxyl groups is 1. The van der Waals surface area contributed by atoms with Gasteiger partial charge in [0.15, 0.2) is 0 Å². The summed E-state index contributed by atoms with van der Waals surface area (Å²) in [7, 11) is 0. The van der Waals surface area contributed by atoms with E-state index in [1.54, 1.807) is 5.56 Å². The van der Waals surface area contributed by atoms with Crippen molar-refractivity contribution >= 4 is 0 Å². The standard InChI is InChI=1S/C28H40O/c1-3-5-8-22-10-13-25(14-11-22)26-15-17-27(18-16-26)28-19-12-23(9-6-7-20-29)21-24(28)4-2/h12,15-19,21-22,25,29H,3-11,13-14,20H2,1-2H3. The third-order valence-electron chi connectivity index (χ3n) is 6.93. The van der Waals surface area contributed by atoms with Crippen molar-refractivity contribution in [2.24, 2.45) is 5.92 Å². The van der Waals surface area contributed by atoms with Crippen LogP contribution in [0.25, 0.3) is 11.1 Å². The summed E-state index contributed by atoms with van der Waals surface area (Å²) in [5.74, 6) is 1.75. The van der Waals surface area contributed by atoms with Crippen molar-refractivity contribution < 1.29 is 5.11 Å². The Labute approximate surface area is 178 Å². The maximum atomic E-state index is 9.00. The lowest BCUT2D eigenvalue weighted by Gasteiger charge is -2.29. The van der Waals surface area contributed by atoms with Crippen molar-refractivity contribution in [3.05, 3.63) is 59.2 Å². The molecule has 158 valence electrons. The third-order valence-corrected chi connectivity index (χ3v) is 6.93. The largest absolute Gasteiger partial charge is 0.396 e. The van der Waals surface area contributed by atoms with Crippen LogP contribution in [0.2, 0.25) is 0 Å². The van der Waals surface area contributed by atoms with Crippen molar-refractivity contribution in [1.82, 2.24) is 0 Å². The lowest BCUT2D eigenvalue weighted by atomic mass is 9.77. The van der Waals surface area contributed by atoms with Crippen LogP contribution in [0.15, 0.2) is 42.5 Å². The van der Waals surface area contributed by atoms with Crippen LogP contribution in [-0.2, 0) is 12.8 Å². The Kier molecular flexibility index (Phi) is 8.80. The fourth-order valence-corrected chi connectivity index (χ4v) is 5.03. The molecule has 0 unspecified atom stereocenters. The third kappa shape index (κ3) is 6.19. The van der Waals surface area contributed by atoms with Crippen LogP contribution in [0.1, 0.15) is 94.2 Å². The molecule has 0 aliphatic heterocycles. The SMILES string of the molecule is CCCCC1CCC(c2ccc(-c3ccc(CCCCO)cc3CC)cc2)CC1. The predicted octanol–water partition coefficient (Wildman–Crippen LogP) is 7.70. The lowest BCUT2D eigenvalue weighted by molar-refractivity contribution is 0.284. The topological polar surface area (TPSA) is 20.2 Å². The molecule has 1 nitrogen and oxygen atoms in total. The molecule has 0 amide bonds. The molecule has 0 saturated heterocycles. The maximum Gasteiger partial charge on any atom is 0.0431 e. The molecule has 1 saturated carbocycles. The minimum absolute atomic E-state index is 0.297. The molecule has 0 spiro atoms. The van der Waals surface area contributed by atoms with E-state index in [-0.39, 0.29) is 0 Å². The summed E-state index contributed by atoms with van der Waals surface area (Å²) in [4.78, 5) is 0. The number of aryl methyl sites for hydroxylation is 2. The fraction of sp³-hybridized carbons (Fsp3) is 0.571. The Bertz CT molecular complexity index is 722. The molecule has 1 heteroatoms. The molecular weight excluding hydrogens is 352 g/mol. The highest BCUT2D eigenvalue weighted by molar-refractivity contribution is 5.68. The van der Waals surface area contributed by atoms with Crippen LogP contribution in [0, 0.1) is 5.92 Å². The molecule has 0 atom stereocenters. The highest BCUT2D eigenvalue weighted by Crippen LogP contribution is 2.38. The van der Waals surface area contributed by atoms with Gasteiger partial charge in [-0.15, -0.1) is 0 Å². The van der Waals surface area contributed by atoms with Gasteiger partial charge in [-0.1, -0.05) is 75.6 Å². The quantitative estimate of drug-likeness (QED) is 0.411. The van der Waals surface area contributed by atoms with E-state index in [0.29, 0.717) is 6.61 Å². The van der Waals surface area contributed by atoms with Crippen molar-refractivity contribution in [2.45, 2.75) is 90.4 Å². The average Bonchev–Trinajstić information content (AvgIpc) is 2.78. The van der Waals surface area contributed by atoms with E-state index in [1.165, 1.54) is 67.2 Å². The summed E-state index contributed by atoms with van der Waals surface area (Å²) in [5.41, 5.74) is 7.12. The average molecular weight is 393 g/mol. The molecule has 2 aromatic carbocycles. The van der Waals surface area contributed by atoms with E-state index in [2.05, 4.69) is 56.3 Å². The maximum absolute atomic E-state index is 9.00. The number of aliphatic hydroxyl groups excluding tert-OH is 1. The first-order valence-corrected chi connectivity index (χ1v) is 12.1.